The third kappa shape index (κ3) is 5.09. The molecule has 0 bridgehead atoms. The van der Waals surface area contributed by atoms with Gasteiger partial charge in [-0.3, -0.25) is 4.90 Å². The van der Waals surface area contributed by atoms with Crippen molar-refractivity contribution in [2.45, 2.75) is 64.1 Å². The fourth-order valence-corrected chi connectivity index (χ4v) is 3.11. The maximum Gasteiger partial charge on any atom is 0.345 e. The zero-order valence-electron chi connectivity index (χ0n) is 16.4. The Morgan fingerprint density at radius 3 is 2.36 bits per heavy atom. The molecule has 1 aliphatic rings. The summed E-state index contributed by atoms with van der Waals surface area (Å²) >= 11 is 5.59. The summed E-state index contributed by atoms with van der Waals surface area (Å²) in [5, 5.41) is 44.8. The Morgan fingerprint density at radius 2 is 1.93 bits per heavy atom. The van der Waals surface area contributed by atoms with Crippen molar-refractivity contribution in [3.63, 3.8) is 0 Å². The van der Waals surface area contributed by atoms with E-state index in [0.29, 0.717) is 5.01 Å². The van der Waals surface area contributed by atoms with E-state index >= 15 is 0 Å². The van der Waals surface area contributed by atoms with E-state index in [2.05, 4.69) is 5.29 Å². The van der Waals surface area contributed by atoms with Crippen molar-refractivity contribution >= 4 is 17.6 Å². The van der Waals surface area contributed by atoms with E-state index in [4.69, 9.17) is 21.1 Å². The molecule has 1 fully saturated rings. The van der Waals surface area contributed by atoms with E-state index in [-0.39, 0.29) is 24.9 Å². The lowest BCUT2D eigenvalue weighted by Gasteiger charge is -2.53. The number of amides is 2. The summed E-state index contributed by atoms with van der Waals surface area (Å²) in [6, 6.07) is -1.82. The van der Waals surface area contributed by atoms with Crippen LogP contribution in [-0.2, 0) is 9.47 Å². The number of carbonyl (C=O) groups excluding carboxylic acids is 1. The summed E-state index contributed by atoms with van der Waals surface area (Å²) in [5.41, 5.74) is -2.57. The molecule has 1 aliphatic heterocycles. The molecular weight excluding hydrogens is 398 g/mol. The van der Waals surface area contributed by atoms with Crippen LogP contribution < -0.4 is 0 Å². The number of carbonyl (C=O) groups is 1. The van der Waals surface area contributed by atoms with Crippen LogP contribution in [-0.4, -0.2) is 98.4 Å². The molecule has 0 spiro atoms. The Balaban J connectivity index is 3.40. The maximum atomic E-state index is 12.9. The molecule has 1 rings (SSSR count). The molecular formula is C16H30ClN3O8. The van der Waals surface area contributed by atoms with Gasteiger partial charge in [0.15, 0.2) is 0 Å². The number of halogens is 1. The topological polar surface area (TPSA) is 152 Å². The number of alkyl halides is 1. The first-order valence-corrected chi connectivity index (χ1v) is 9.56. The molecule has 4 N–H and O–H groups in total. The molecule has 11 nitrogen and oxygen atoms in total. The molecule has 0 aliphatic carbocycles. The predicted octanol–water partition coefficient (Wildman–Crippen LogP) is -0.161. The van der Waals surface area contributed by atoms with Gasteiger partial charge in [-0.2, -0.15) is 5.01 Å². The molecule has 164 valence electrons. The second-order valence-corrected chi connectivity index (χ2v) is 7.65. The highest BCUT2D eigenvalue weighted by Crippen LogP contribution is 2.36. The fourth-order valence-electron chi connectivity index (χ4n) is 2.95. The Labute approximate surface area is 168 Å². The van der Waals surface area contributed by atoms with Crippen LogP contribution in [0.15, 0.2) is 5.29 Å². The molecule has 0 aromatic heterocycles. The van der Waals surface area contributed by atoms with Crippen molar-refractivity contribution < 1.29 is 34.7 Å². The number of urea groups is 1. The Kier molecular flexibility index (Phi) is 9.47. The number of ether oxygens (including phenoxy) is 2. The van der Waals surface area contributed by atoms with Crippen LogP contribution in [0, 0.1) is 10.8 Å². The molecule has 0 saturated carbocycles. The highest BCUT2D eigenvalue weighted by Gasteiger charge is 2.61. The van der Waals surface area contributed by atoms with Crippen molar-refractivity contribution in [2.75, 3.05) is 25.6 Å². The first-order chi connectivity index (χ1) is 13.1. The van der Waals surface area contributed by atoms with Gasteiger partial charge >= 0.3 is 6.03 Å². The van der Waals surface area contributed by atoms with E-state index in [1.165, 1.54) is 13.8 Å². The average Bonchev–Trinajstić information content (AvgIpc) is 2.63. The average molecular weight is 428 g/mol. The summed E-state index contributed by atoms with van der Waals surface area (Å²) in [4.78, 5) is 24.7. The lowest BCUT2D eigenvalue weighted by Crippen LogP contribution is -2.76. The smallest absolute Gasteiger partial charge is 0.345 e. The first kappa shape index (κ1) is 25.0. The number of hydrogen-bond donors (Lipinski definition) is 4. The highest BCUT2D eigenvalue weighted by atomic mass is 35.5. The van der Waals surface area contributed by atoms with Gasteiger partial charge in [0.2, 0.25) is 12.0 Å². The number of aliphatic hydroxyl groups is 4. The monoisotopic (exact) mass is 427 g/mol. The van der Waals surface area contributed by atoms with E-state index < -0.39 is 49.0 Å². The molecule has 5 atom stereocenters. The number of aliphatic hydroxyl groups excluding tert-OH is 3. The van der Waals surface area contributed by atoms with Crippen molar-refractivity contribution in [3.05, 3.63) is 4.91 Å². The summed E-state index contributed by atoms with van der Waals surface area (Å²) in [7, 11) is 0. The molecule has 1 saturated heterocycles. The third-order valence-corrected chi connectivity index (χ3v) is 4.44. The van der Waals surface area contributed by atoms with Crippen LogP contribution in [0.25, 0.3) is 0 Å². The van der Waals surface area contributed by atoms with Gasteiger partial charge in [0.25, 0.3) is 0 Å². The van der Waals surface area contributed by atoms with Gasteiger partial charge < -0.3 is 29.9 Å². The molecule has 1 heterocycles. The van der Waals surface area contributed by atoms with Crippen LogP contribution in [0.4, 0.5) is 4.79 Å². The Hall–Kier alpha value is -1.08. The van der Waals surface area contributed by atoms with E-state index in [1.54, 1.807) is 0 Å². The molecule has 0 radical (unpaired) electrons. The summed E-state index contributed by atoms with van der Waals surface area (Å²) < 4.78 is 11.0. The number of hydrogen-bond acceptors (Lipinski definition) is 9. The Bertz CT molecular complexity index is 526. The molecule has 2 amide bonds. The van der Waals surface area contributed by atoms with Crippen LogP contribution in [0.3, 0.4) is 0 Å². The number of nitroso groups, excluding NO2 is 1. The predicted molar refractivity (Wildman–Crippen MR) is 99.1 cm³/mol. The third-order valence-electron chi connectivity index (χ3n) is 4.27. The number of nitrogens with zero attached hydrogens (tertiary/aromatic N) is 3. The molecule has 28 heavy (non-hydrogen) atoms. The lowest BCUT2D eigenvalue weighted by molar-refractivity contribution is -0.376. The van der Waals surface area contributed by atoms with Crippen molar-refractivity contribution in [3.8, 4) is 0 Å². The van der Waals surface area contributed by atoms with Gasteiger partial charge in [0, 0.05) is 11.9 Å². The van der Waals surface area contributed by atoms with Gasteiger partial charge in [-0.1, -0.05) is 13.8 Å². The van der Waals surface area contributed by atoms with Crippen LogP contribution in [0.1, 0.15) is 27.7 Å². The first-order valence-electron chi connectivity index (χ1n) is 9.02. The molecule has 0 aromatic carbocycles. The van der Waals surface area contributed by atoms with Crippen molar-refractivity contribution in [2.24, 2.45) is 11.2 Å². The second kappa shape index (κ2) is 10.6. The van der Waals surface area contributed by atoms with E-state index in [0.717, 1.165) is 4.90 Å². The van der Waals surface area contributed by atoms with Crippen molar-refractivity contribution in [1.29, 1.82) is 0 Å². The zero-order chi connectivity index (χ0) is 21.6. The molecule has 0 aromatic rings. The normalized spacial score (nSPS) is 30.5. The van der Waals surface area contributed by atoms with Crippen molar-refractivity contribution in [1.82, 2.24) is 9.91 Å². The van der Waals surface area contributed by atoms with Gasteiger partial charge in [-0.15, -0.1) is 16.5 Å². The van der Waals surface area contributed by atoms with E-state index in [9.17, 15) is 30.1 Å². The standard InChI is InChI=1S/C16H30ClN3O8/c1-9(2)8-27-14-16(25,13(23)12(22)11(7-21)28-14)20(10(3)4)15(24)19(18-26)6-5-17/h9-14,21-23,25H,5-8H2,1-4H3/t11-,12-,13+,14+,16+/m1/s1. The van der Waals surface area contributed by atoms with Gasteiger partial charge in [0.1, 0.15) is 18.3 Å². The van der Waals surface area contributed by atoms with Gasteiger partial charge in [0.05, 0.1) is 25.0 Å². The van der Waals surface area contributed by atoms with E-state index in [1.807, 2.05) is 13.8 Å². The highest BCUT2D eigenvalue weighted by molar-refractivity contribution is 6.18. The molecule has 0 unspecified atom stereocenters. The quantitative estimate of drug-likeness (QED) is 0.171. The van der Waals surface area contributed by atoms with Crippen LogP contribution >= 0.6 is 11.6 Å². The largest absolute Gasteiger partial charge is 0.394 e. The summed E-state index contributed by atoms with van der Waals surface area (Å²) in [5.74, 6) is -0.0827. The fraction of sp³-hybridized carbons (Fsp3) is 0.938. The minimum absolute atomic E-state index is 0.0111. The maximum absolute atomic E-state index is 12.9. The van der Waals surface area contributed by atoms with Crippen LogP contribution in [0.5, 0.6) is 0 Å². The Morgan fingerprint density at radius 1 is 1.32 bits per heavy atom. The van der Waals surface area contributed by atoms with Gasteiger partial charge in [-0.05, 0) is 19.8 Å². The minimum Gasteiger partial charge on any atom is -0.394 e. The summed E-state index contributed by atoms with van der Waals surface area (Å²) in [6.07, 6.45) is -6.55. The minimum atomic E-state index is -2.57. The SMILES string of the molecule is CC(C)CO[C@H]1O[C@H](CO)[C@@H](O)[C@H](O)[C@@]1(O)N(C(=O)N(CCCl)N=O)C(C)C. The second-order valence-electron chi connectivity index (χ2n) is 7.27. The number of rotatable bonds is 9. The lowest BCUT2D eigenvalue weighted by atomic mass is 9.91. The molecule has 12 heteroatoms. The van der Waals surface area contributed by atoms with Crippen LogP contribution in [0.2, 0.25) is 0 Å². The van der Waals surface area contributed by atoms with Gasteiger partial charge in [-0.25, -0.2) is 4.79 Å². The zero-order valence-corrected chi connectivity index (χ0v) is 17.2. The summed E-state index contributed by atoms with van der Waals surface area (Å²) in [6.45, 7) is 5.91.